The van der Waals surface area contributed by atoms with E-state index in [1.165, 1.54) is 31.7 Å². The lowest BCUT2D eigenvalue weighted by Gasteiger charge is -2.29. The van der Waals surface area contributed by atoms with E-state index in [4.69, 9.17) is 9.47 Å². The van der Waals surface area contributed by atoms with E-state index in [-0.39, 0.29) is 11.7 Å². The first-order valence-corrected chi connectivity index (χ1v) is 11.4. The molecule has 1 aromatic heterocycles. The van der Waals surface area contributed by atoms with Gasteiger partial charge in [-0.15, -0.1) is 5.10 Å². The lowest BCUT2D eigenvalue weighted by molar-refractivity contribution is -0.113. The number of esters is 1. The first-order chi connectivity index (χ1) is 15.2. The zero-order valence-corrected chi connectivity index (χ0v) is 18.3. The van der Waals surface area contributed by atoms with Gasteiger partial charge in [-0.05, 0) is 41.5 Å². The van der Waals surface area contributed by atoms with Crippen LogP contribution in [0.1, 0.15) is 42.1 Å². The minimum atomic E-state index is -0.497. The quantitative estimate of drug-likeness (QED) is 0.505. The van der Waals surface area contributed by atoms with Crippen LogP contribution in [0.5, 0.6) is 0 Å². The molecule has 2 aromatic rings. The number of tetrazole rings is 1. The number of benzene rings is 1. The van der Waals surface area contributed by atoms with Crippen molar-refractivity contribution in [1.82, 2.24) is 20.2 Å². The van der Waals surface area contributed by atoms with Crippen LogP contribution < -0.4 is 10.2 Å². The Balaban J connectivity index is 1.42. The molecule has 10 nitrogen and oxygen atoms in total. The van der Waals surface area contributed by atoms with Crippen LogP contribution in [0.4, 0.5) is 11.4 Å². The molecule has 2 heterocycles. The molecule has 0 unspecified atom stereocenters. The summed E-state index contributed by atoms with van der Waals surface area (Å²) in [7, 11) is 1.33. The van der Waals surface area contributed by atoms with Crippen molar-refractivity contribution in [3.63, 3.8) is 0 Å². The van der Waals surface area contributed by atoms with E-state index in [0.29, 0.717) is 35.7 Å². The highest BCUT2D eigenvalue weighted by atomic mass is 32.2. The largest absolute Gasteiger partial charge is 0.465 e. The summed E-state index contributed by atoms with van der Waals surface area (Å²) < 4.78 is 12.1. The topological polar surface area (TPSA) is 111 Å². The third-order valence-corrected chi connectivity index (χ3v) is 6.46. The molecule has 0 bridgehead atoms. The Morgan fingerprint density at radius 1 is 1.26 bits per heavy atom. The van der Waals surface area contributed by atoms with Crippen molar-refractivity contribution in [3.8, 4) is 0 Å². The summed E-state index contributed by atoms with van der Waals surface area (Å²) in [6.45, 7) is 2.78. The second kappa shape index (κ2) is 10.1. The molecule has 1 aliphatic carbocycles. The maximum Gasteiger partial charge on any atom is 0.340 e. The van der Waals surface area contributed by atoms with Gasteiger partial charge in [0.1, 0.15) is 0 Å². The summed E-state index contributed by atoms with van der Waals surface area (Å²) in [6.07, 6.45) is 4.46. The highest BCUT2D eigenvalue weighted by Crippen LogP contribution is 2.31. The van der Waals surface area contributed by atoms with Crippen molar-refractivity contribution in [2.75, 3.05) is 49.4 Å². The predicted molar refractivity (Wildman–Crippen MR) is 115 cm³/mol. The highest BCUT2D eigenvalue weighted by Gasteiger charge is 2.23. The van der Waals surface area contributed by atoms with Crippen molar-refractivity contribution in [2.45, 2.75) is 36.9 Å². The number of hydrogen-bond donors (Lipinski definition) is 1. The number of nitrogens with one attached hydrogen (secondary N) is 1. The molecule has 2 aliphatic rings. The molecule has 1 aliphatic heterocycles. The summed E-state index contributed by atoms with van der Waals surface area (Å²) in [5.41, 5.74) is 1.64. The highest BCUT2D eigenvalue weighted by molar-refractivity contribution is 7.99. The van der Waals surface area contributed by atoms with Gasteiger partial charge in [0.2, 0.25) is 11.1 Å². The van der Waals surface area contributed by atoms with Gasteiger partial charge in [-0.1, -0.05) is 24.6 Å². The van der Waals surface area contributed by atoms with Gasteiger partial charge in [0, 0.05) is 18.8 Å². The summed E-state index contributed by atoms with van der Waals surface area (Å²) >= 11 is 1.29. The number of thioether (sulfide) groups is 1. The van der Waals surface area contributed by atoms with Gasteiger partial charge in [0.15, 0.2) is 0 Å². The molecule has 1 amide bonds. The van der Waals surface area contributed by atoms with Crippen LogP contribution in [0.3, 0.4) is 0 Å². The zero-order valence-electron chi connectivity index (χ0n) is 17.5. The van der Waals surface area contributed by atoms with Crippen molar-refractivity contribution in [1.29, 1.82) is 0 Å². The van der Waals surface area contributed by atoms with Crippen molar-refractivity contribution < 1.29 is 19.1 Å². The normalized spacial score (nSPS) is 17.0. The molecular formula is C20H26N6O4S. The van der Waals surface area contributed by atoms with Gasteiger partial charge < -0.3 is 19.7 Å². The Labute approximate surface area is 184 Å². The minimum Gasteiger partial charge on any atom is -0.465 e. The van der Waals surface area contributed by atoms with Crippen LogP contribution >= 0.6 is 11.8 Å². The van der Waals surface area contributed by atoms with E-state index in [2.05, 4.69) is 25.7 Å². The average Bonchev–Trinajstić information content (AvgIpc) is 3.49. The van der Waals surface area contributed by atoms with Crippen molar-refractivity contribution >= 4 is 35.0 Å². The molecule has 2 fully saturated rings. The van der Waals surface area contributed by atoms with Crippen molar-refractivity contribution in [2.24, 2.45) is 0 Å². The van der Waals surface area contributed by atoms with Gasteiger partial charge in [-0.3, -0.25) is 4.79 Å². The fraction of sp³-hybridized carbons (Fsp3) is 0.550. The molecule has 1 saturated carbocycles. The minimum absolute atomic E-state index is 0.138. The SMILES string of the molecule is COC(=O)c1cc(N2CCOCC2)ccc1NC(=O)CSc1nnnn1C1CCCC1. The van der Waals surface area contributed by atoms with Gasteiger partial charge in [-0.2, -0.15) is 0 Å². The number of rotatable bonds is 7. The summed E-state index contributed by atoms with van der Waals surface area (Å²) in [5, 5.41) is 15.4. The number of ether oxygens (including phenoxy) is 2. The first kappa shape index (κ1) is 21.6. The number of aromatic nitrogens is 4. The molecule has 1 saturated heterocycles. The van der Waals surface area contributed by atoms with E-state index >= 15 is 0 Å². The average molecular weight is 447 g/mol. The van der Waals surface area contributed by atoms with E-state index < -0.39 is 5.97 Å². The molecule has 0 radical (unpaired) electrons. The van der Waals surface area contributed by atoms with Gasteiger partial charge >= 0.3 is 5.97 Å². The van der Waals surface area contributed by atoms with Crippen LogP contribution in [-0.2, 0) is 14.3 Å². The molecule has 0 atom stereocenters. The van der Waals surface area contributed by atoms with Crippen LogP contribution in [0.2, 0.25) is 0 Å². The summed E-state index contributed by atoms with van der Waals surface area (Å²) in [6, 6.07) is 5.68. The second-order valence-corrected chi connectivity index (χ2v) is 8.44. The Hall–Kier alpha value is -2.66. The number of anilines is 2. The van der Waals surface area contributed by atoms with Crippen LogP contribution in [0, 0.1) is 0 Å². The monoisotopic (exact) mass is 446 g/mol. The molecule has 1 N–H and O–H groups in total. The number of morpholine rings is 1. The number of methoxy groups -OCH3 is 1. The number of nitrogens with zero attached hydrogens (tertiary/aromatic N) is 5. The third kappa shape index (κ3) is 5.16. The smallest absolute Gasteiger partial charge is 0.340 e. The number of carbonyl (C=O) groups is 2. The molecule has 11 heteroatoms. The Kier molecular flexibility index (Phi) is 7.03. The van der Waals surface area contributed by atoms with E-state index in [9.17, 15) is 9.59 Å². The third-order valence-electron chi connectivity index (χ3n) is 5.52. The van der Waals surface area contributed by atoms with Gasteiger partial charge in [0.05, 0.1) is 43.4 Å². The number of amides is 1. The molecule has 31 heavy (non-hydrogen) atoms. The lowest BCUT2D eigenvalue weighted by atomic mass is 10.1. The Morgan fingerprint density at radius 2 is 2.03 bits per heavy atom. The summed E-state index contributed by atoms with van der Waals surface area (Å²) in [4.78, 5) is 27.1. The fourth-order valence-electron chi connectivity index (χ4n) is 3.91. The standard InChI is InChI=1S/C20H26N6O4S/c1-29-19(28)16-12-15(25-8-10-30-11-9-25)6-7-17(16)21-18(27)13-31-20-22-23-24-26(20)14-4-2-3-5-14/h6-7,12,14H,2-5,8-11,13H2,1H3,(H,21,27). The summed E-state index contributed by atoms with van der Waals surface area (Å²) in [5.74, 6) is -0.600. The predicted octanol–water partition coefficient (Wildman–Crippen LogP) is 2.14. The molecule has 0 spiro atoms. The lowest BCUT2D eigenvalue weighted by Crippen LogP contribution is -2.36. The maximum absolute atomic E-state index is 12.6. The first-order valence-electron chi connectivity index (χ1n) is 10.4. The van der Waals surface area contributed by atoms with E-state index in [0.717, 1.165) is 31.6 Å². The second-order valence-electron chi connectivity index (χ2n) is 7.50. The molecular weight excluding hydrogens is 420 g/mol. The Morgan fingerprint density at radius 3 is 2.77 bits per heavy atom. The van der Waals surface area contributed by atoms with Gasteiger partial charge in [-0.25, -0.2) is 9.48 Å². The Bertz CT molecular complexity index is 924. The molecule has 1 aromatic carbocycles. The fourth-order valence-corrected chi connectivity index (χ4v) is 4.66. The number of hydrogen-bond acceptors (Lipinski definition) is 9. The van der Waals surface area contributed by atoms with Crippen LogP contribution in [-0.4, -0.2) is 71.2 Å². The van der Waals surface area contributed by atoms with Crippen LogP contribution in [0.15, 0.2) is 23.4 Å². The zero-order chi connectivity index (χ0) is 21.6. The maximum atomic E-state index is 12.6. The van der Waals surface area contributed by atoms with Crippen molar-refractivity contribution in [3.05, 3.63) is 23.8 Å². The molecule has 4 rings (SSSR count). The van der Waals surface area contributed by atoms with Gasteiger partial charge in [0.25, 0.3) is 0 Å². The number of carbonyl (C=O) groups excluding carboxylic acids is 2. The van der Waals surface area contributed by atoms with E-state index in [1.807, 2.05) is 10.7 Å². The van der Waals surface area contributed by atoms with Crippen LogP contribution in [0.25, 0.3) is 0 Å². The molecule has 166 valence electrons. The van der Waals surface area contributed by atoms with E-state index in [1.54, 1.807) is 12.1 Å².